The van der Waals surface area contributed by atoms with Crippen molar-refractivity contribution in [2.45, 2.75) is 56.5 Å². The van der Waals surface area contributed by atoms with Gasteiger partial charge >= 0.3 is 0 Å². The molecule has 6 nitrogen and oxygen atoms in total. The minimum Gasteiger partial charge on any atom is -0.316 e. The van der Waals surface area contributed by atoms with E-state index in [0.717, 1.165) is 30.8 Å². The third kappa shape index (κ3) is 6.10. The van der Waals surface area contributed by atoms with E-state index in [-0.39, 0.29) is 5.91 Å². The molecule has 2 aromatic heterocycles. The maximum Gasteiger partial charge on any atom is 0.238 e. The fraction of sp³-hybridized carbons (Fsp3) is 0.364. The van der Waals surface area contributed by atoms with Crippen molar-refractivity contribution in [2.75, 3.05) is 5.32 Å². The number of nitrogens with one attached hydrogen (secondary N) is 1. The van der Waals surface area contributed by atoms with Gasteiger partial charge in [0.25, 0.3) is 0 Å². The first-order chi connectivity index (χ1) is 15.0. The second-order valence-corrected chi connectivity index (χ2v) is 9.71. The molecule has 0 spiro atoms. The maximum absolute atomic E-state index is 12.7. The van der Waals surface area contributed by atoms with Crippen molar-refractivity contribution in [1.29, 1.82) is 5.26 Å². The van der Waals surface area contributed by atoms with E-state index in [1.807, 2.05) is 31.2 Å². The highest BCUT2D eigenvalue weighted by molar-refractivity contribution is 8.00. The summed E-state index contributed by atoms with van der Waals surface area (Å²) in [6.45, 7) is 4.80. The number of amides is 1. The Morgan fingerprint density at radius 1 is 1.26 bits per heavy atom. The lowest BCUT2D eigenvalue weighted by Crippen LogP contribution is -2.22. The van der Waals surface area contributed by atoms with Crippen LogP contribution in [0.15, 0.2) is 40.9 Å². The van der Waals surface area contributed by atoms with Gasteiger partial charge in [0.15, 0.2) is 11.0 Å². The summed E-state index contributed by atoms with van der Waals surface area (Å²) in [6.07, 6.45) is 4.49. The van der Waals surface area contributed by atoms with Crippen molar-refractivity contribution in [3.05, 3.63) is 46.3 Å². The van der Waals surface area contributed by atoms with Crippen LogP contribution >= 0.6 is 34.7 Å². The van der Waals surface area contributed by atoms with E-state index < -0.39 is 5.25 Å². The number of hydrogen-bond acceptors (Lipinski definition) is 6. The summed E-state index contributed by atoms with van der Waals surface area (Å²) in [7, 11) is 0. The molecule has 0 bridgehead atoms. The quantitative estimate of drug-likeness (QED) is 0.278. The minimum absolute atomic E-state index is 0.169. The smallest absolute Gasteiger partial charge is 0.238 e. The van der Waals surface area contributed by atoms with Crippen LogP contribution < -0.4 is 5.32 Å². The predicted octanol–water partition coefficient (Wildman–Crippen LogP) is 6.23. The van der Waals surface area contributed by atoms with E-state index >= 15 is 0 Å². The van der Waals surface area contributed by atoms with Gasteiger partial charge in [-0.3, -0.25) is 4.79 Å². The average molecular weight is 474 g/mol. The molecule has 1 atom stereocenters. The van der Waals surface area contributed by atoms with E-state index in [4.69, 9.17) is 16.9 Å². The van der Waals surface area contributed by atoms with Gasteiger partial charge in [-0.05, 0) is 49.1 Å². The first-order valence-electron chi connectivity index (χ1n) is 10.2. The number of carbonyl (C=O) groups is 1. The second-order valence-electron chi connectivity index (χ2n) is 7.05. The Morgan fingerprint density at radius 3 is 2.74 bits per heavy atom. The van der Waals surface area contributed by atoms with Gasteiger partial charge in [-0.2, -0.15) is 5.26 Å². The van der Waals surface area contributed by atoms with Gasteiger partial charge in [-0.25, -0.2) is 0 Å². The average Bonchev–Trinajstić information content (AvgIpc) is 3.38. The molecule has 0 aliphatic heterocycles. The molecular weight excluding hydrogens is 450 g/mol. The minimum atomic E-state index is -0.398. The van der Waals surface area contributed by atoms with Gasteiger partial charge in [0.2, 0.25) is 5.91 Å². The van der Waals surface area contributed by atoms with Crippen LogP contribution in [0.25, 0.3) is 11.4 Å². The molecule has 9 heteroatoms. The number of carbonyl (C=O) groups excluding carboxylic acids is 1. The highest BCUT2D eigenvalue weighted by Crippen LogP contribution is 2.30. The molecule has 3 aromatic rings. The Hall–Kier alpha value is -2.34. The normalized spacial score (nSPS) is 11.8. The van der Waals surface area contributed by atoms with Crippen LogP contribution in [0.5, 0.6) is 0 Å². The molecule has 31 heavy (non-hydrogen) atoms. The van der Waals surface area contributed by atoms with Crippen LogP contribution in [0.1, 0.15) is 45.1 Å². The fourth-order valence-corrected chi connectivity index (χ4v) is 4.75. The first kappa shape index (κ1) is 23.3. The van der Waals surface area contributed by atoms with E-state index in [1.54, 1.807) is 11.4 Å². The molecule has 1 N–H and O–H groups in total. The molecule has 2 heterocycles. The van der Waals surface area contributed by atoms with Crippen LogP contribution in [-0.4, -0.2) is 25.9 Å². The zero-order valence-corrected chi connectivity index (χ0v) is 19.9. The summed E-state index contributed by atoms with van der Waals surface area (Å²) in [5, 5.41) is 24.1. The molecule has 0 radical (unpaired) electrons. The van der Waals surface area contributed by atoms with E-state index in [2.05, 4.69) is 33.1 Å². The summed E-state index contributed by atoms with van der Waals surface area (Å²) in [5.41, 5.74) is 1.41. The summed E-state index contributed by atoms with van der Waals surface area (Å²) in [5.74, 6) is 0.603. The largest absolute Gasteiger partial charge is 0.316 e. The number of benzene rings is 1. The Balaban J connectivity index is 1.78. The molecule has 0 saturated carbocycles. The van der Waals surface area contributed by atoms with Crippen molar-refractivity contribution in [3.8, 4) is 17.5 Å². The van der Waals surface area contributed by atoms with E-state index in [0.29, 0.717) is 20.7 Å². The SMILES string of the molecule is CCCCCCn1c(SC(C)C(=O)Nc2sccc2C#N)nnc1-c1ccc(Cl)cc1. The van der Waals surface area contributed by atoms with Crippen LogP contribution in [0.4, 0.5) is 5.00 Å². The van der Waals surface area contributed by atoms with Gasteiger partial charge < -0.3 is 9.88 Å². The van der Waals surface area contributed by atoms with Crippen molar-refractivity contribution in [3.63, 3.8) is 0 Å². The molecule has 0 aliphatic carbocycles. The van der Waals surface area contributed by atoms with Crippen LogP contribution in [0, 0.1) is 11.3 Å². The molecule has 0 saturated heterocycles. The van der Waals surface area contributed by atoms with E-state index in [9.17, 15) is 4.79 Å². The zero-order chi connectivity index (χ0) is 22.2. The molecule has 0 fully saturated rings. The standard InChI is InChI=1S/C22H24ClN5OS2/c1-3-4-5-6-12-28-19(16-7-9-18(23)10-8-16)26-27-22(28)31-15(2)20(29)25-21-17(14-24)11-13-30-21/h7-11,13,15H,3-6,12H2,1-2H3,(H,25,29). The molecule has 3 rings (SSSR count). The van der Waals surface area contributed by atoms with Gasteiger partial charge in [-0.1, -0.05) is 49.5 Å². The Morgan fingerprint density at radius 2 is 2.03 bits per heavy atom. The maximum atomic E-state index is 12.7. The zero-order valence-electron chi connectivity index (χ0n) is 17.5. The van der Waals surface area contributed by atoms with Crippen LogP contribution in [0.3, 0.4) is 0 Å². The van der Waals surface area contributed by atoms with Crippen molar-refractivity contribution < 1.29 is 4.79 Å². The monoisotopic (exact) mass is 473 g/mol. The third-order valence-corrected chi connectivity index (χ3v) is 6.89. The van der Waals surface area contributed by atoms with Crippen molar-refractivity contribution >= 4 is 45.6 Å². The molecule has 1 unspecified atom stereocenters. The lowest BCUT2D eigenvalue weighted by atomic mass is 10.2. The topological polar surface area (TPSA) is 83.6 Å². The van der Waals surface area contributed by atoms with Gasteiger partial charge in [0, 0.05) is 17.1 Å². The van der Waals surface area contributed by atoms with Crippen molar-refractivity contribution in [2.24, 2.45) is 0 Å². The predicted molar refractivity (Wildman–Crippen MR) is 128 cm³/mol. The molecular formula is C22H24ClN5OS2. The number of aromatic nitrogens is 3. The summed E-state index contributed by atoms with van der Waals surface area (Å²) < 4.78 is 2.08. The number of thiophene rings is 1. The number of anilines is 1. The second kappa shape index (κ2) is 11.3. The summed E-state index contributed by atoms with van der Waals surface area (Å²) >= 11 is 8.74. The molecule has 162 valence electrons. The van der Waals surface area contributed by atoms with Crippen molar-refractivity contribution in [1.82, 2.24) is 14.8 Å². The number of thioether (sulfide) groups is 1. The Kier molecular flexibility index (Phi) is 8.52. The number of hydrogen-bond donors (Lipinski definition) is 1. The number of rotatable bonds is 10. The Bertz CT molecular complexity index is 1050. The summed E-state index contributed by atoms with van der Waals surface area (Å²) in [6, 6.07) is 11.3. The highest BCUT2D eigenvalue weighted by Gasteiger charge is 2.22. The van der Waals surface area contributed by atoms with Crippen LogP contribution in [-0.2, 0) is 11.3 Å². The summed E-state index contributed by atoms with van der Waals surface area (Å²) in [4.78, 5) is 12.7. The van der Waals surface area contributed by atoms with Crippen LogP contribution in [0.2, 0.25) is 5.02 Å². The number of nitriles is 1. The Labute approximate surface area is 195 Å². The highest BCUT2D eigenvalue weighted by atomic mass is 35.5. The fourth-order valence-electron chi connectivity index (χ4n) is 3.01. The third-order valence-electron chi connectivity index (χ3n) is 4.73. The number of halogens is 1. The molecule has 1 aromatic carbocycles. The van der Waals surface area contributed by atoms with Gasteiger partial charge in [-0.15, -0.1) is 21.5 Å². The first-order valence-corrected chi connectivity index (χ1v) is 12.3. The lowest BCUT2D eigenvalue weighted by molar-refractivity contribution is -0.115. The van der Waals surface area contributed by atoms with Gasteiger partial charge in [0.05, 0.1) is 10.8 Å². The number of nitrogens with zero attached hydrogens (tertiary/aromatic N) is 4. The number of unbranched alkanes of at least 4 members (excludes halogenated alkanes) is 3. The molecule has 1 amide bonds. The molecule has 0 aliphatic rings. The lowest BCUT2D eigenvalue weighted by Gasteiger charge is -2.13. The van der Waals surface area contributed by atoms with Gasteiger partial charge in [0.1, 0.15) is 11.1 Å². The van der Waals surface area contributed by atoms with E-state index in [1.165, 1.54) is 35.9 Å².